The standard InChI is InChI=1S/C22H22N2.C13H11N.C9H12BrN/c1-15-9-10-18-17-7-5-6-8-19(17)24(20(18)13-15)21-14-16(11-12-23-21)22(2,3)4;1-9-6-7-11-10-4-2-3-5-12(10)14-13(11)8-9;1-9(2,3)7-4-5-11-8(10)6-7/h5-14H,1-4H3;2-8,14H,1H3;4-6H,1-3H3. The second-order valence-corrected chi connectivity index (χ2v) is 15.7. The predicted molar refractivity (Wildman–Crippen MR) is 213 cm³/mol. The summed E-state index contributed by atoms with van der Waals surface area (Å²) >= 11 is 3.34. The molecule has 0 atom stereocenters. The van der Waals surface area contributed by atoms with Crippen LogP contribution in [0.1, 0.15) is 63.8 Å². The molecule has 0 bridgehead atoms. The quantitative estimate of drug-likeness (QED) is 0.173. The number of halogens is 1. The topological polar surface area (TPSA) is 46.5 Å². The zero-order valence-electron chi connectivity index (χ0n) is 29.8. The van der Waals surface area contributed by atoms with Crippen molar-refractivity contribution >= 4 is 59.5 Å². The van der Waals surface area contributed by atoms with Gasteiger partial charge in [0.15, 0.2) is 0 Å². The molecule has 0 radical (unpaired) electrons. The Labute approximate surface area is 298 Å². The summed E-state index contributed by atoms with van der Waals surface area (Å²) in [5, 5.41) is 5.17. The summed E-state index contributed by atoms with van der Waals surface area (Å²) < 4.78 is 3.19. The maximum atomic E-state index is 4.69. The van der Waals surface area contributed by atoms with Gasteiger partial charge in [0.25, 0.3) is 0 Å². The smallest absolute Gasteiger partial charge is 0.137 e. The Kier molecular flexibility index (Phi) is 9.50. The molecular weight excluding hydrogens is 664 g/mol. The highest BCUT2D eigenvalue weighted by Gasteiger charge is 2.17. The number of hydrogen-bond donors (Lipinski definition) is 1. The van der Waals surface area contributed by atoms with E-state index in [1.807, 2.05) is 18.5 Å². The fourth-order valence-corrected chi connectivity index (χ4v) is 6.54. The van der Waals surface area contributed by atoms with Crippen LogP contribution in [0.4, 0.5) is 0 Å². The van der Waals surface area contributed by atoms with Crippen molar-refractivity contribution in [3.05, 3.63) is 148 Å². The minimum Gasteiger partial charge on any atom is -0.355 e. The second-order valence-electron chi connectivity index (χ2n) is 14.9. The number of aryl methyl sites for hydroxylation is 2. The number of nitrogens with zero attached hydrogens (tertiary/aromatic N) is 3. The minimum atomic E-state index is 0.104. The van der Waals surface area contributed by atoms with Gasteiger partial charge in [0.2, 0.25) is 0 Å². The molecule has 5 heteroatoms. The SMILES string of the molecule is CC(C)(C)c1ccnc(Br)c1.Cc1ccc2c(c1)[nH]c1ccccc12.Cc1ccc2c3ccccc3n(-c3cc(C(C)(C)C)ccn3)c2c1. The van der Waals surface area contributed by atoms with Crippen LogP contribution in [0.25, 0.3) is 49.4 Å². The van der Waals surface area contributed by atoms with Crippen molar-refractivity contribution in [2.75, 3.05) is 0 Å². The van der Waals surface area contributed by atoms with Crippen LogP contribution < -0.4 is 0 Å². The summed E-state index contributed by atoms with van der Waals surface area (Å²) in [6.07, 6.45) is 3.75. The fourth-order valence-electron chi connectivity index (χ4n) is 6.17. The molecule has 4 heterocycles. The summed E-state index contributed by atoms with van der Waals surface area (Å²) in [6, 6.07) is 38.6. The van der Waals surface area contributed by atoms with E-state index in [0.717, 1.165) is 10.4 Å². The van der Waals surface area contributed by atoms with Gasteiger partial charge in [-0.3, -0.25) is 4.57 Å². The number of H-pyrrole nitrogens is 1. The lowest BCUT2D eigenvalue weighted by Gasteiger charge is -2.20. The number of rotatable bonds is 1. The molecular formula is C44H45BrN4. The van der Waals surface area contributed by atoms with Gasteiger partial charge in [-0.05, 0) is 111 Å². The van der Waals surface area contributed by atoms with Crippen LogP contribution in [0.15, 0.2) is 126 Å². The number of aromatic nitrogens is 4. The first-order valence-corrected chi connectivity index (χ1v) is 17.6. The molecule has 0 saturated carbocycles. The molecule has 0 amide bonds. The predicted octanol–water partition coefficient (Wildman–Crippen LogP) is 12.6. The van der Waals surface area contributed by atoms with Crippen LogP contribution in [0.2, 0.25) is 0 Å². The van der Waals surface area contributed by atoms with E-state index in [0.29, 0.717) is 0 Å². The number of para-hydroxylation sites is 2. The van der Waals surface area contributed by atoms with Gasteiger partial charge in [0.1, 0.15) is 10.4 Å². The fraction of sp³-hybridized carbons (Fsp3) is 0.227. The maximum absolute atomic E-state index is 4.69. The molecule has 248 valence electrons. The van der Waals surface area contributed by atoms with Crippen molar-refractivity contribution < 1.29 is 0 Å². The number of nitrogens with one attached hydrogen (secondary N) is 1. The lowest BCUT2D eigenvalue weighted by molar-refractivity contribution is 0.588. The van der Waals surface area contributed by atoms with Gasteiger partial charge >= 0.3 is 0 Å². The highest BCUT2D eigenvalue weighted by atomic mass is 79.9. The van der Waals surface area contributed by atoms with Crippen LogP contribution in [0.3, 0.4) is 0 Å². The van der Waals surface area contributed by atoms with E-state index in [1.54, 1.807) is 0 Å². The van der Waals surface area contributed by atoms with Gasteiger partial charge in [-0.15, -0.1) is 0 Å². The second kappa shape index (κ2) is 13.6. The Morgan fingerprint density at radius 3 is 1.76 bits per heavy atom. The van der Waals surface area contributed by atoms with Crippen LogP contribution in [-0.4, -0.2) is 19.5 Å². The first-order valence-electron chi connectivity index (χ1n) is 16.9. The summed E-state index contributed by atoms with van der Waals surface area (Å²) in [7, 11) is 0. The number of hydrogen-bond acceptors (Lipinski definition) is 2. The molecule has 0 aliphatic heterocycles. The molecule has 4 aromatic heterocycles. The van der Waals surface area contributed by atoms with Crippen molar-refractivity contribution in [2.45, 2.75) is 66.2 Å². The van der Waals surface area contributed by atoms with Gasteiger partial charge in [-0.2, -0.15) is 0 Å². The summed E-state index contributed by atoms with van der Waals surface area (Å²) in [4.78, 5) is 12.2. The summed E-state index contributed by atoms with van der Waals surface area (Å²) in [5.74, 6) is 0.985. The first-order chi connectivity index (χ1) is 23.3. The zero-order valence-corrected chi connectivity index (χ0v) is 31.4. The first kappa shape index (κ1) is 34.1. The molecule has 8 rings (SSSR count). The molecule has 4 nitrogen and oxygen atoms in total. The summed E-state index contributed by atoms with van der Waals surface area (Å²) in [6.45, 7) is 17.5. The van der Waals surface area contributed by atoms with Crippen molar-refractivity contribution in [3.8, 4) is 5.82 Å². The average Bonchev–Trinajstić information content (AvgIpc) is 3.59. The van der Waals surface area contributed by atoms with E-state index in [1.165, 1.54) is 65.9 Å². The molecule has 8 aromatic rings. The van der Waals surface area contributed by atoms with Crippen LogP contribution in [-0.2, 0) is 10.8 Å². The zero-order chi connectivity index (χ0) is 34.9. The van der Waals surface area contributed by atoms with Gasteiger partial charge in [-0.25, -0.2) is 9.97 Å². The Morgan fingerprint density at radius 1 is 0.531 bits per heavy atom. The molecule has 0 unspecified atom stereocenters. The molecule has 1 N–H and O–H groups in total. The van der Waals surface area contributed by atoms with E-state index in [9.17, 15) is 0 Å². The van der Waals surface area contributed by atoms with Crippen molar-refractivity contribution in [3.63, 3.8) is 0 Å². The molecule has 49 heavy (non-hydrogen) atoms. The van der Waals surface area contributed by atoms with Crippen LogP contribution in [0, 0.1) is 13.8 Å². The maximum Gasteiger partial charge on any atom is 0.137 e. The molecule has 4 aromatic carbocycles. The number of pyridine rings is 2. The lowest BCUT2D eigenvalue weighted by atomic mass is 9.88. The number of benzene rings is 4. The molecule has 0 saturated heterocycles. The largest absolute Gasteiger partial charge is 0.355 e. The Balaban J connectivity index is 0.000000141. The average molecular weight is 710 g/mol. The van der Waals surface area contributed by atoms with Gasteiger partial charge in [0, 0.05) is 45.0 Å². The lowest BCUT2D eigenvalue weighted by Crippen LogP contribution is -2.12. The molecule has 0 aliphatic rings. The van der Waals surface area contributed by atoms with Crippen LogP contribution >= 0.6 is 15.9 Å². The molecule has 0 fully saturated rings. The normalized spacial score (nSPS) is 11.8. The van der Waals surface area contributed by atoms with Gasteiger partial charge in [-0.1, -0.05) is 102 Å². The van der Waals surface area contributed by atoms with Gasteiger partial charge < -0.3 is 4.98 Å². The number of fused-ring (bicyclic) bond motifs is 6. The summed E-state index contributed by atoms with van der Waals surface area (Å²) in [5.41, 5.74) is 10.3. The molecule has 0 spiro atoms. The highest BCUT2D eigenvalue weighted by Crippen LogP contribution is 2.33. The van der Waals surface area contributed by atoms with E-state index in [2.05, 4.69) is 194 Å². The van der Waals surface area contributed by atoms with E-state index < -0.39 is 0 Å². The third kappa shape index (κ3) is 7.47. The van der Waals surface area contributed by atoms with Crippen molar-refractivity contribution in [1.82, 2.24) is 19.5 Å². The molecule has 0 aliphatic carbocycles. The van der Waals surface area contributed by atoms with Crippen molar-refractivity contribution in [2.24, 2.45) is 0 Å². The Bertz CT molecular complexity index is 2400. The van der Waals surface area contributed by atoms with E-state index >= 15 is 0 Å². The minimum absolute atomic E-state index is 0.104. The van der Waals surface area contributed by atoms with Crippen molar-refractivity contribution in [1.29, 1.82) is 0 Å². The van der Waals surface area contributed by atoms with Gasteiger partial charge in [0.05, 0.1) is 11.0 Å². The monoisotopic (exact) mass is 708 g/mol. The Morgan fingerprint density at radius 2 is 1.08 bits per heavy atom. The Hall–Kier alpha value is -4.74. The highest BCUT2D eigenvalue weighted by molar-refractivity contribution is 9.10. The third-order valence-electron chi connectivity index (χ3n) is 8.92. The third-order valence-corrected chi connectivity index (χ3v) is 9.36. The van der Waals surface area contributed by atoms with E-state index in [-0.39, 0.29) is 10.8 Å². The van der Waals surface area contributed by atoms with Crippen LogP contribution in [0.5, 0.6) is 0 Å². The van der Waals surface area contributed by atoms with E-state index in [4.69, 9.17) is 0 Å². The number of aromatic amines is 1.